The monoisotopic (exact) mass is 387 g/mol. The van der Waals surface area contributed by atoms with Crippen molar-refractivity contribution in [1.29, 1.82) is 0 Å². The lowest BCUT2D eigenvalue weighted by molar-refractivity contribution is 0.153. The Morgan fingerprint density at radius 3 is 2.83 bits per heavy atom. The third-order valence-electron chi connectivity index (χ3n) is 4.03. The minimum atomic E-state index is 0. The van der Waals surface area contributed by atoms with Crippen molar-refractivity contribution in [2.45, 2.75) is 25.4 Å². The molecule has 1 fully saturated rings. The second-order valence-corrected chi connectivity index (χ2v) is 6.54. The van der Waals surface area contributed by atoms with Crippen molar-refractivity contribution in [3.05, 3.63) is 52.2 Å². The zero-order valence-corrected chi connectivity index (χ0v) is 15.7. The lowest BCUT2D eigenvalue weighted by Gasteiger charge is -2.22. The maximum atomic E-state index is 9.41. The Kier molecular flexibility index (Phi) is 8.73. The molecule has 3 N–H and O–H groups in total. The molecule has 1 aromatic carbocycles. The minimum Gasteiger partial charge on any atom is -0.395 e. The molecule has 0 unspecified atom stereocenters. The van der Waals surface area contributed by atoms with Crippen LogP contribution in [0.5, 0.6) is 0 Å². The van der Waals surface area contributed by atoms with Crippen molar-refractivity contribution in [2.75, 3.05) is 13.2 Å². The van der Waals surface area contributed by atoms with Crippen LogP contribution in [-0.4, -0.2) is 35.0 Å². The Morgan fingerprint density at radius 1 is 1.29 bits per heavy atom. The fourth-order valence-electron chi connectivity index (χ4n) is 2.89. The molecule has 7 heteroatoms. The molecule has 1 saturated heterocycles. The van der Waals surface area contributed by atoms with Gasteiger partial charge in [-0.2, -0.15) is 0 Å². The standard InChI is InChI=1S/C17H21N3OS.2ClH/c18-17(16-7-3-9-22-16)19-14-5-1-4-13(10-14)11-20-8-2-6-15(20)12-21;;/h1,3-5,7,9-10,15,21H,2,6,8,11-12H2,(H2,18,19);2*1H/t15-;;/m1../s1. The Hall–Kier alpha value is -1.11. The second kappa shape index (κ2) is 10.0. The molecule has 2 heterocycles. The molecule has 0 radical (unpaired) electrons. The van der Waals surface area contributed by atoms with Gasteiger partial charge in [0.2, 0.25) is 0 Å². The van der Waals surface area contributed by atoms with Crippen molar-refractivity contribution in [2.24, 2.45) is 10.7 Å². The average Bonchev–Trinajstić information content (AvgIpc) is 3.19. The normalized spacial score (nSPS) is 18.0. The summed E-state index contributed by atoms with van der Waals surface area (Å²) in [6.45, 7) is 2.15. The summed E-state index contributed by atoms with van der Waals surface area (Å²) < 4.78 is 0. The number of aliphatic hydroxyl groups excluding tert-OH is 1. The first-order valence-electron chi connectivity index (χ1n) is 7.58. The van der Waals surface area contributed by atoms with Crippen LogP contribution in [0.1, 0.15) is 23.3 Å². The van der Waals surface area contributed by atoms with Gasteiger partial charge in [-0.15, -0.1) is 36.2 Å². The highest BCUT2D eigenvalue weighted by Gasteiger charge is 2.23. The van der Waals surface area contributed by atoms with Crippen LogP contribution in [0.2, 0.25) is 0 Å². The lowest BCUT2D eigenvalue weighted by atomic mass is 10.1. The van der Waals surface area contributed by atoms with Crippen LogP contribution in [0.3, 0.4) is 0 Å². The quantitative estimate of drug-likeness (QED) is 0.608. The van der Waals surface area contributed by atoms with Crippen LogP contribution in [0.4, 0.5) is 5.69 Å². The zero-order valence-electron chi connectivity index (χ0n) is 13.3. The summed E-state index contributed by atoms with van der Waals surface area (Å²) in [4.78, 5) is 7.84. The largest absolute Gasteiger partial charge is 0.395 e. The van der Waals surface area contributed by atoms with Crippen molar-refractivity contribution < 1.29 is 5.11 Å². The van der Waals surface area contributed by atoms with E-state index in [1.165, 1.54) is 5.56 Å². The van der Waals surface area contributed by atoms with Gasteiger partial charge in [-0.05, 0) is 48.5 Å². The zero-order chi connectivity index (χ0) is 15.4. The Bertz CT molecular complexity index is 649. The second-order valence-electron chi connectivity index (χ2n) is 5.59. The number of rotatable bonds is 5. The van der Waals surface area contributed by atoms with E-state index in [0.29, 0.717) is 11.9 Å². The molecule has 0 aliphatic carbocycles. The van der Waals surface area contributed by atoms with Gasteiger partial charge in [0.1, 0.15) is 5.84 Å². The van der Waals surface area contributed by atoms with E-state index in [-0.39, 0.29) is 31.4 Å². The van der Waals surface area contributed by atoms with Gasteiger partial charge in [-0.1, -0.05) is 18.2 Å². The van der Waals surface area contributed by atoms with E-state index in [0.717, 1.165) is 36.5 Å². The van der Waals surface area contributed by atoms with Crippen LogP contribution >= 0.6 is 36.2 Å². The molecule has 1 aliphatic heterocycles. The number of halogens is 2. The van der Waals surface area contributed by atoms with Crippen molar-refractivity contribution in [1.82, 2.24) is 4.90 Å². The first-order valence-corrected chi connectivity index (χ1v) is 8.46. The molecule has 0 bridgehead atoms. The SMILES string of the molecule is Cl.Cl.NC(=Nc1cccc(CN2CCC[C@@H]2CO)c1)c1cccs1. The van der Waals surface area contributed by atoms with E-state index in [1.807, 2.05) is 29.6 Å². The molecule has 0 saturated carbocycles. The van der Waals surface area contributed by atoms with Crippen LogP contribution in [-0.2, 0) is 6.54 Å². The number of likely N-dealkylation sites (tertiary alicyclic amines) is 1. The minimum absolute atomic E-state index is 0. The van der Waals surface area contributed by atoms with Gasteiger partial charge < -0.3 is 10.8 Å². The Morgan fingerprint density at radius 2 is 2.12 bits per heavy atom. The molecule has 0 spiro atoms. The molecular weight excluding hydrogens is 365 g/mol. The predicted octanol–water partition coefficient (Wildman–Crippen LogP) is 3.59. The van der Waals surface area contributed by atoms with Gasteiger partial charge in [0.15, 0.2) is 0 Å². The molecule has 0 amide bonds. The number of hydrogen-bond donors (Lipinski definition) is 2. The summed E-state index contributed by atoms with van der Waals surface area (Å²) >= 11 is 1.59. The maximum absolute atomic E-state index is 9.41. The average molecular weight is 388 g/mol. The number of nitrogens with zero attached hydrogens (tertiary/aromatic N) is 2. The molecular formula is C17H23Cl2N3OS. The highest BCUT2D eigenvalue weighted by atomic mass is 35.5. The third-order valence-corrected chi connectivity index (χ3v) is 4.92. The smallest absolute Gasteiger partial charge is 0.141 e. The maximum Gasteiger partial charge on any atom is 0.141 e. The van der Waals surface area contributed by atoms with Crippen molar-refractivity contribution in [3.63, 3.8) is 0 Å². The number of amidine groups is 1. The van der Waals surface area contributed by atoms with Crippen LogP contribution in [0.15, 0.2) is 46.8 Å². The highest BCUT2D eigenvalue weighted by Crippen LogP contribution is 2.22. The molecule has 132 valence electrons. The van der Waals surface area contributed by atoms with E-state index >= 15 is 0 Å². The molecule has 3 rings (SSSR count). The number of benzene rings is 1. The summed E-state index contributed by atoms with van der Waals surface area (Å²) in [6.07, 6.45) is 2.24. The van der Waals surface area contributed by atoms with Crippen molar-refractivity contribution >= 4 is 47.7 Å². The molecule has 2 aromatic rings. The first-order chi connectivity index (χ1) is 10.8. The van der Waals surface area contributed by atoms with E-state index in [2.05, 4.69) is 22.0 Å². The van der Waals surface area contributed by atoms with E-state index in [1.54, 1.807) is 11.3 Å². The topological polar surface area (TPSA) is 61.8 Å². The fourth-order valence-corrected chi connectivity index (χ4v) is 3.51. The summed E-state index contributed by atoms with van der Waals surface area (Å²) in [5, 5.41) is 11.4. The van der Waals surface area contributed by atoms with E-state index in [4.69, 9.17) is 5.73 Å². The summed E-state index contributed by atoms with van der Waals surface area (Å²) in [5.41, 5.74) is 8.13. The van der Waals surface area contributed by atoms with Gasteiger partial charge in [-0.25, -0.2) is 4.99 Å². The Balaban J connectivity index is 0.00000144. The molecule has 24 heavy (non-hydrogen) atoms. The fraction of sp³-hybridized carbons (Fsp3) is 0.353. The molecule has 1 aliphatic rings. The van der Waals surface area contributed by atoms with E-state index in [9.17, 15) is 5.11 Å². The number of aliphatic imine (C=N–C) groups is 1. The van der Waals surface area contributed by atoms with Gasteiger partial charge in [0.05, 0.1) is 17.2 Å². The number of nitrogens with two attached hydrogens (primary N) is 1. The van der Waals surface area contributed by atoms with Gasteiger partial charge >= 0.3 is 0 Å². The van der Waals surface area contributed by atoms with Gasteiger partial charge in [-0.3, -0.25) is 4.90 Å². The number of aliphatic hydroxyl groups is 1. The van der Waals surface area contributed by atoms with Crippen LogP contribution in [0.25, 0.3) is 0 Å². The predicted molar refractivity (Wildman–Crippen MR) is 106 cm³/mol. The third kappa shape index (κ3) is 5.19. The molecule has 4 nitrogen and oxygen atoms in total. The van der Waals surface area contributed by atoms with Crippen molar-refractivity contribution in [3.8, 4) is 0 Å². The molecule has 1 atom stereocenters. The first kappa shape index (κ1) is 20.9. The van der Waals surface area contributed by atoms with Crippen LogP contribution < -0.4 is 5.73 Å². The highest BCUT2D eigenvalue weighted by molar-refractivity contribution is 7.12. The summed E-state index contributed by atoms with van der Waals surface area (Å²) in [6, 6.07) is 12.4. The summed E-state index contributed by atoms with van der Waals surface area (Å²) in [5.74, 6) is 0.557. The Labute approximate surface area is 159 Å². The lowest BCUT2D eigenvalue weighted by Crippen LogP contribution is -2.31. The van der Waals surface area contributed by atoms with Gasteiger partial charge in [0, 0.05) is 12.6 Å². The number of hydrogen-bond acceptors (Lipinski definition) is 4. The summed E-state index contributed by atoms with van der Waals surface area (Å²) in [7, 11) is 0. The molecule has 1 aromatic heterocycles. The van der Waals surface area contributed by atoms with E-state index < -0.39 is 0 Å². The number of thiophene rings is 1. The van der Waals surface area contributed by atoms with Gasteiger partial charge in [0.25, 0.3) is 0 Å². The van der Waals surface area contributed by atoms with Crippen LogP contribution in [0, 0.1) is 0 Å².